The van der Waals surface area contributed by atoms with Crippen molar-refractivity contribution in [2.24, 2.45) is 5.10 Å². The van der Waals surface area contributed by atoms with E-state index in [2.05, 4.69) is 31.8 Å². The number of carbonyl (C=O) groups is 1. The summed E-state index contributed by atoms with van der Waals surface area (Å²) in [6.07, 6.45) is 5.25. The molecule has 2 N–H and O–H groups in total. The average molecular weight is 408 g/mol. The topological polar surface area (TPSA) is 53.5 Å². The van der Waals surface area contributed by atoms with Crippen molar-refractivity contribution in [2.75, 3.05) is 11.9 Å². The normalized spacial score (nSPS) is 11.3. The predicted octanol–water partition coefficient (Wildman–Crippen LogP) is 4.83. The Morgan fingerprint density at radius 1 is 1.00 bits per heavy atom. The van der Waals surface area contributed by atoms with Crippen LogP contribution in [0.15, 0.2) is 82.4 Å². The molecule has 3 aromatic carbocycles. The Balaban J connectivity index is 1.49. The third-order valence-electron chi connectivity index (χ3n) is 3.74. The quantitative estimate of drug-likeness (QED) is 0.454. The van der Waals surface area contributed by atoms with Gasteiger partial charge in [-0.25, -0.2) is 5.43 Å². The number of carbonyl (C=O) groups excluding carboxylic acids is 1. The highest BCUT2D eigenvalue weighted by Crippen LogP contribution is 2.22. The first-order valence-corrected chi connectivity index (χ1v) is 8.97. The molecule has 0 unspecified atom stereocenters. The molecule has 1 amide bonds. The average Bonchev–Trinajstić information content (AvgIpc) is 2.67. The SMILES string of the molecule is O=C(CNc1cccc2ccccc12)N/N=C\C=C\c1ccc(Br)cc1. The van der Waals surface area contributed by atoms with Crippen LogP contribution in [-0.4, -0.2) is 18.7 Å². The molecule has 0 saturated carbocycles. The fourth-order valence-corrected chi connectivity index (χ4v) is 2.74. The number of nitrogens with one attached hydrogen (secondary N) is 2. The van der Waals surface area contributed by atoms with Crippen LogP contribution in [0.3, 0.4) is 0 Å². The van der Waals surface area contributed by atoms with Crippen molar-refractivity contribution in [1.82, 2.24) is 5.43 Å². The van der Waals surface area contributed by atoms with E-state index < -0.39 is 0 Å². The van der Waals surface area contributed by atoms with E-state index in [1.807, 2.05) is 72.8 Å². The Morgan fingerprint density at radius 2 is 1.77 bits per heavy atom. The van der Waals surface area contributed by atoms with Gasteiger partial charge >= 0.3 is 0 Å². The fourth-order valence-electron chi connectivity index (χ4n) is 2.47. The van der Waals surface area contributed by atoms with Crippen molar-refractivity contribution in [3.63, 3.8) is 0 Å². The van der Waals surface area contributed by atoms with Gasteiger partial charge in [-0.05, 0) is 35.2 Å². The Hall–Kier alpha value is -2.92. The van der Waals surface area contributed by atoms with Gasteiger partial charge in [-0.15, -0.1) is 0 Å². The second kappa shape index (κ2) is 8.97. The van der Waals surface area contributed by atoms with Gasteiger partial charge in [0.1, 0.15) is 0 Å². The fraction of sp³-hybridized carbons (Fsp3) is 0.0476. The van der Waals surface area contributed by atoms with E-state index >= 15 is 0 Å². The lowest BCUT2D eigenvalue weighted by atomic mass is 10.1. The van der Waals surface area contributed by atoms with E-state index in [9.17, 15) is 4.79 Å². The molecule has 26 heavy (non-hydrogen) atoms. The number of benzene rings is 3. The van der Waals surface area contributed by atoms with Gasteiger partial charge in [0.25, 0.3) is 5.91 Å². The first-order chi connectivity index (χ1) is 12.7. The summed E-state index contributed by atoms with van der Waals surface area (Å²) >= 11 is 3.40. The second-order valence-electron chi connectivity index (χ2n) is 5.60. The van der Waals surface area contributed by atoms with Crippen LogP contribution in [0.25, 0.3) is 16.8 Å². The minimum Gasteiger partial charge on any atom is -0.376 e. The summed E-state index contributed by atoms with van der Waals surface area (Å²) in [5.41, 5.74) is 4.49. The second-order valence-corrected chi connectivity index (χ2v) is 6.52. The summed E-state index contributed by atoms with van der Waals surface area (Å²) in [5, 5.41) is 9.29. The minimum atomic E-state index is -0.203. The van der Waals surface area contributed by atoms with Gasteiger partial charge in [-0.2, -0.15) is 5.10 Å². The van der Waals surface area contributed by atoms with Gasteiger partial charge in [0.15, 0.2) is 0 Å². The molecule has 0 aliphatic heterocycles. The number of halogens is 1. The summed E-state index contributed by atoms with van der Waals surface area (Å²) in [7, 11) is 0. The number of nitrogens with zero attached hydrogens (tertiary/aromatic N) is 1. The summed E-state index contributed by atoms with van der Waals surface area (Å²) < 4.78 is 1.04. The van der Waals surface area contributed by atoms with Crippen LogP contribution in [-0.2, 0) is 4.79 Å². The molecule has 0 fully saturated rings. The zero-order chi connectivity index (χ0) is 18.2. The molecule has 0 heterocycles. The van der Waals surface area contributed by atoms with Crippen molar-refractivity contribution >= 4 is 50.6 Å². The number of hydrogen-bond acceptors (Lipinski definition) is 3. The number of amides is 1. The zero-order valence-electron chi connectivity index (χ0n) is 14.0. The molecular formula is C21H18BrN3O. The van der Waals surface area contributed by atoms with E-state index in [-0.39, 0.29) is 12.5 Å². The summed E-state index contributed by atoms with van der Waals surface area (Å²) in [6, 6.07) is 21.9. The van der Waals surface area contributed by atoms with Gasteiger partial charge < -0.3 is 5.32 Å². The van der Waals surface area contributed by atoms with Crippen LogP contribution in [0.4, 0.5) is 5.69 Å². The lowest BCUT2D eigenvalue weighted by Gasteiger charge is -2.08. The summed E-state index contributed by atoms with van der Waals surface area (Å²) in [6.45, 7) is 0.155. The molecule has 3 rings (SSSR count). The molecule has 0 bridgehead atoms. The van der Waals surface area contributed by atoms with E-state index in [0.717, 1.165) is 26.5 Å². The van der Waals surface area contributed by atoms with Gasteiger partial charge in [0, 0.05) is 21.8 Å². The third kappa shape index (κ3) is 5.04. The van der Waals surface area contributed by atoms with Crippen molar-refractivity contribution < 1.29 is 4.79 Å². The van der Waals surface area contributed by atoms with Gasteiger partial charge in [-0.3, -0.25) is 4.79 Å². The van der Waals surface area contributed by atoms with Crippen LogP contribution < -0.4 is 10.7 Å². The molecule has 4 nitrogen and oxygen atoms in total. The van der Waals surface area contributed by atoms with Crippen LogP contribution in [0, 0.1) is 0 Å². The number of hydrazone groups is 1. The first-order valence-electron chi connectivity index (χ1n) is 8.18. The third-order valence-corrected chi connectivity index (χ3v) is 4.27. The van der Waals surface area contributed by atoms with E-state index in [1.54, 1.807) is 12.3 Å². The van der Waals surface area contributed by atoms with Gasteiger partial charge in [0.2, 0.25) is 0 Å². The van der Waals surface area contributed by atoms with E-state index in [1.165, 1.54) is 0 Å². The standard InChI is InChI=1S/C21H18BrN3O/c22-18-12-10-16(11-13-18)5-4-14-24-25-21(26)15-23-20-9-3-7-17-6-1-2-8-19(17)20/h1-14,23H,15H2,(H,25,26)/b5-4+,24-14-. The zero-order valence-corrected chi connectivity index (χ0v) is 15.6. The maximum absolute atomic E-state index is 11.9. The molecule has 130 valence electrons. The van der Waals surface area contributed by atoms with Crippen LogP contribution in [0.1, 0.15) is 5.56 Å². The van der Waals surface area contributed by atoms with E-state index in [0.29, 0.717) is 0 Å². The molecule has 0 saturated heterocycles. The number of allylic oxidation sites excluding steroid dienone is 1. The highest BCUT2D eigenvalue weighted by atomic mass is 79.9. The lowest BCUT2D eigenvalue weighted by molar-refractivity contribution is -0.119. The Bertz CT molecular complexity index is 944. The molecular weight excluding hydrogens is 390 g/mol. The van der Waals surface area contributed by atoms with Crippen molar-refractivity contribution in [2.45, 2.75) is 0 Å². The molecule has 0 aliphatic carbocycles. The summed E-state index contributed by atoms with van der Waals surface area (Å²) in [4.78, 5) is 11.9. The number of fused-ring (bicyclic) bond motifs is 1. The van der Waals surface area contributed by atoms with Gasteiger partial charge in [0.05, 0.1) is 6.54 Å². The van der Waals surface area contributed by atoms with E-state index in [4.69, 9.17) is 0 Å². The molecule has 0 aliphatic rings. The van der Waals surface area contributed by atoms with Crippen molar-refractivity contribution in [3.8, 4) is 0 Å². The van der Waals surface area contributed by atoms with Crippen LogP contribution >= 0.6 is 15.9 Å². The molecule has 0 spiro atoms. The number of rotatable bonds is 6. The maximum atomic E-state index is 11.9. The molecule has 0 aromatic heterocycles. The Kier molecular flexibility index (Phi) is 6.17. The number of anilines is 1. The number of hydrogen-bond donors (Lipinski definition) is 2. The molecule has 3 aromatic rings. The van der Waals surface area contributed by atoms with Crippen molar-refractivity contribution in [3.05, 3.63) is 82.8 Å². The van der Waals surface area contributed by atoms with Crippen LogP contribution in [0.5, 0.6) is 0 Å². The maximum Gasteiger partial charge on any atom is 0.259 e. The lowest BCUT2D eigenvalue weighted by Crippen LogP contribution is -2.25. The monoisotopic (exact) mass is 407 g/mol. The Labute approximate surface area is 160 Å². The predicted molar refractivity (Wildman–Crippen MR) is 112 cm³/mol. The first kappa shape index (κ1) is 17.9. The summed E-state index contributed by atoms with van der Waals surface area (Å²) in [5.74, 6) is -0.203. The van der Waals surface area contributed by atoms with Crippen molar-refractivity contribution in [1.29, 1.82) is 0 Å². The largest absolute Gasteiger partial charge is 0.376 e. The smallest absolute Gasteiger partial charge is 0.259 e. The molecule has 0 radical (unpaired) electrons. The van der Waals surface area contributed by atoms with Crippen LogP contribution in [0.2, 0.25) is 0 Å². The highest BCUT2D eigenvalue weighted by molar-refractivity contribution is 9.10. The highest BCUT2D eigenvalue weighted by Gasteiger charge is 2.02. The molecule has 5 heteroatoms. The molecule has 0 atom stereocenters. The van der Waals surface area contributed by atoms with Gasteiger partial charge in [-0.1, -0.05) is 70.5 Å². The minimum absolute atomic E-state index is 0.155. The Morgan fingerprint density at radius 3 is 2.62 bits per heavy atom.